The minimum Gasteiger partial charge on any atom is -0.496 e. The first-order chi connectivity index (χ1) is 9.03. The minimum atomic E-state index is -0.129. The van der Waals surface area contributed by atoms with Crippen molar-refractivity contribution < 1.29 is 14.6 Å². The lowest BCUT2D eigenvalue weighted by atomic mass is 10.1. The van der Waals surface area contributed by atoms with Crippen molar-refractivity contribution in [1.82, 2.24) is 0 Å². The summed E-state index contributed by atoms with van der Waals surface area (Å²) in [6.45, 7) is 5.64. The average molecular weight is 263 g/mol. The van der Waals surface area contributed by atoms with Gasteiger partial charge < -0.3 is 15.2 Å². The Morgan fingerprint density at radius 3 is 2.58 bits per heavy atom. The van der Waals surface area contributed by atoms with Crippen molar-refractivity contribution in [3.8, 4) is 5.75 Å². The summed E-state index contributed by atoms with van der Waals surface area (Å²) in [5.74, 6) is 0.492. The molecule has 1 amide bonds. The lowest BCUT2D eigenvalue weighted by molar-refractivity contribution is -0.112. The Bertz CT molecular complexity index is 492. The molecule has 2 N–H and O–H groups in total. The molecular weight excluding hydrogens is 242 g/mol. The fourth-order valence-corrected chi connectivity index (χ4v) is 1.66. The highest BCUT2D eigenvalue weighted by Gasteiger charge is 2.09. The van der Waals surface area contributed by atoms with Crippen molar-refractivity contribution in [2.45, 2.75) is 33.8 Å². The normalized spacial score (nSPS) is 11.8. The zero-order valence-corrected chi connectivity index (χ0v) is 11.9. The van der Waals surface area contributed by atoms with Gasteiger partial charge in [0.25, 0.3) is 5.91 Å². The largest absolute Gasteiger partial charge is 0.496 e. The van der Waals surface area contributed by atoms with Crippen LogP contribution in [0.1, 0.15) is 32.8 Å². The molecule has 0 aliphatic heterocycles. The van der Waals surface area contributed by atoms with E-state index in [1.165, 1.54) is 0 Å². The van der Waals surface area contributed by atoms with Crippen LogP contribution in [-0.4, -0.2) is 18.1 Å². The molecule has 0 aliphatic carbocycles. The average Bonchev–Trinajstić information content (AvgIpc) is 2.45. The Balaban J connectivity index is 2.92. The first-order valence-electron chi connectivity index (χ1n) is 6.28. The van der Waals surface area contributed by atoms with Crippen LogP contribution in [0.3, 0.4) is 0 Å². The highest BCUT2D eigenvalue weighted by molar-refractivity contribution is 6.03. The molecule has 0 atom stereocenters. The van der Waals surface area contributed by atoms with Crippen molar-refractivity contribution in [3.63, 3.8) is 0 Å². The van der Waals surface area contributed by atoms with E-state index in [9.17, 15) is 9.90 Å². The number of hydrogen-bond acceptors (Lipinski definition) is 3. The Morgan fingerprint density at radius 2 is 2.05 bits per heavy atom. The van der Waals surface area contributed by atoms with Gasteiger partial charge in [-0.25, -0.2) is 0 Å². The van der Waals surface area contributed by atoms with Gasteiger partial charge in [-0.2, -0.15) is 0 Å². The van der Waals surface area contributed by atoms with Gasteiger partial charge in [-0.05, 0) is 38.5 Å². The number of ether oxygens (including phenoxy) is 1. The van der Waals surface area contributed by atoms with Gasteiger partial charge in [-0.1, -0.05) is 12.5 Å². The van der Waals surface area contributed by atoms with Crippen LogP contribution in [0.4, 0.5) is 5.69 Å². The summed E-state index contributed by atoms with van der Waals surface area (Å²) in [4.78, 5) is 12.0. The van der Waals surface area contributed by atoms with Gasteiger partial charge in [0.1, 0.15) is 5.75 Å². The van der Waals surface area contributed by atoms with Gasteiger partial charge in [-0.3, -0.25) is 4.79 Å². The predicted molar refractivity (Wildman–Crippen MR) is 76.2 cm³/mol. The maximum absolute atomic E-state index is 12.0. The third-order valence-electron chi connectivity index (χ3n) is 3.22. The summed E-state index contributed by atoms with van der Waals surface area (Å²) in [6.07, 6.45) is 0.851. The highest BCUT2D eigenvalue weighted by atomic mass is 16.5. The van der Waals surface area contributed by atoms with E-state index < -0.39 is 0 Å². The van der Waals surface area contributed by atoms with Gasteiger partial charge in [0.2, 0.25) is 0 Å². The molecule has 1 aromatic carbocycles. The molecular formula is C15H21NO3. The monoisotopic (exact) mass is 263 g/mol. The van der Waals surface area contributed by atoms with E-state index in [0.29, 0.717) is 17.0 Å². The molecule has 0 saturated carbocycles. The van der Waals surface area contributed by atoms with Crippen molar-refractivity contribution >= 4 is 11.6 Å². The highest BCUT2D eigenvalue weighted by Crippen LogP contribution is 2.23. The second kappa shape index (κ2) is 6.95. The van der Waals surface area contributed by atoms with Crippen molar-refractivity contribution in [3.05, 3.63) is 34.9 Å². The number of nitrogens with one attached hydrogen (secondary N) is 1. The fraction of sp³-hybridized carbons (Fsp3) is 0.400. The molecule has 1 rings (SSSR count). The maximum atomic E-state index is 12.0. The standard InChI is InChI=1S/C15H21NO3/c1-5-10(2)11(3)15(18)16-13-6-7-14(19-4)12(8-13)9-17/h6-8,17H,5,9H2,1-4H3,(H,16,18)/b11-10-. The van der Waals surface area contributed by atoms with Crippen molar-refractivity contribution in [1.29, 1.82) is 0 Å². The third-order valence-corrected chi connectivity index (χ3v) is 3.22. The zero-order chi connectivity index (χ0) is 14.4. The number of carbonyl (C=O) groups is 1. The molecule has 4 nitrogen and oxygen atoms in total. The first kappa shape index (κ1) is 15.2. The van der Waals surface area contributed by atoms with Crippen LogP contribution in [0.5, 0.6) is 5.75 Å². The summed E-state index contributed by atoms with van der Waals surface area (Å²) in [5.41, 5.74) is 3.09. The van der Waals surface area contributed by atoms with E-state index in [1.807, 2.05) is 20.8 Å². The summed E-state index contributed by atoms with van der Waals surface area (Å²) in [6, 6.07) is 5.20. The molecule has 0 saturated heterocycles. The first-order valence-corrected chi connectivity index (χ1v) is 6.28. The van der Waals surface area contributed by atoms with Gasteiger partial charge in [-0.15, -0.1) is 0 Å². The maximum Gasteiger partial charge on any atom is 0.251 e. The number of allylic oxidation sites excluding steroid dienone is 1. The lowest BCUT2D eigenvalue weighted by Gasteiger charge is -2.11. The number of rotatable bonds is 5. The number of methoxy groups -OCH3 is 1. The van der Waals surface area contributed by atoms with E-state index >= 15 is 0 Å². The molecule has 19 heavy (non-hydrogen) atoms. The summed E-state index contributed by atoms with van der Waals surface area (Å²) < 4.78 is 5.12. The summed E-state index contributed by atoms with van der Waals surface area (Å²) in [5, 5.41) is 12.1. The van der Waals surface area contributed by atoms with Gasteiger partial charge in [0, 0.05) is 16.8 Å². The summed E-state index contributed by atoms with van der Waals surface area (Å²) >= 11 is 0. The van der Waals surface area contributed by atoms with Crippen LogP contribution in [0.15, 0.2) is 29.3 Å². The molecule has 0 aliphatic rings. The van der Waals surface area contributed by atoms with E-state index in [2.05, 4.69) is 5.32 Å². The predicted octanol–water partition coefficient (Wildman–Crippen LogP) is 2.87. The second-order valence-electron chi connectivity index (χ2n) is 4.40. The fourth-order valence-electron chi connectivity index (χ4n) is 1.66. The van der Waals surface area contributed by atoms with E-state index in [4.69, 9.17) is 4.74 Å². The van der Waals surface area contributed by atoms with Crippen molar-refractivity contribution in [2.24, 2.45) is 0 Å². The van der Waals surface area contributed by atoms with Gasteiger partial charge >= 0.3 is 0 Å². The Kier molecular flexibility index (Phi) is 5.57. The van der Waals surface area contributed by atoms with Crippen LogP contribution in [0.25, 0.3) is 0 Å². The Morgan fingerprint density at radius 1 is 1.37 bits per heavy atom. The second-order valence-corrected chi connectivity index (χ2v) is 4.40. The quantitative estimate of drug-likeness (QED) is 0.803. The zero-order valence-electron chi connectivity index (χ0n) is 11.9. The molecule has 0 aromatic heterocycles. The number of carbonyl (C=O) groups excluding carboxylic acids is 1. The molecule has 104 valence electrons. The van der Waals surface area contributed by atoms with Gasteiger partial charge in [0.05, 0.1) is 13.7 Å². The molecule has 0 radical (unpaired) electrons. The smallest absolute Gasteiger partial charge is 0.251 e. The van der Waals surface area contributed by atoms with Crippen LogP contribution >= 0.6 is 0 Å². The van der Waals surface area contributed by atoms with Crippen LogP contribution in [0.2, 0.25) is 0 Å². The number of hydrogen-bond donors (Lipinski definition) is 2. The third kappa shape index (κ3) is 3.83. The van der Waals surface area contributed by atoms with Crippen LogP contribution < -0.4 is 10.1 Å². The summed E-state index contributed by atoms with van der Waals surface area (Å²) in [7, 11) is 1.55. The number of aliphatic hydroxyl groups excluding tert-OH is 1. The topological polar surface area (TPSA) is 58.6 Å². The molecule has 0 heterocycles. The van der Waals surface area contributed by atoms with Crippen molar-refractivity contribution in [2.75, 3.05) is 12.4 Å². The molecule has 0 unspecified atom stereocenters. The minimum absolute atomic E-state index is 0.117. The van der Waals surface area contributed by atoms with Gasteiger partial charge in [0.15, 0.2) is 0 Å². The molecule has 0 fully saturated rings. The number of anilines is 1. The number of aliphatic hydroxyl groups is 1. The van der Waals surface area contributed by atoms with E-state index in [0.717, 1.165) is 17.6 Å². The SMILES string of the molecule is CC/C(C)=C(/C)C(=O)Nc1ccc(OC)c(CO)c1. The van der Waals surface area contributed by atoms with Crippen LogP contribution in [0, 0.1) is 0 Å². The number of benzene rings is 1. The Hall–Kier alpha value is -1.81. The van der Waals surface area contributed by atoms with E-state index in [1.54, 1.807) is 25.3 Å². The van der Waals surface area contributed by atoms with E-state index in [-0.39, 0.29) is 12.5 Å². The van der Waals surface area contributed by atoms with Crippen LogP contribution in [-0.2, 0) is 11.4 Å². The Labute approximate surface area is 114 Å². The molecule has 0 spiro atoms. The molecule has 0 bridgehead atoms. The lowest BCUT2D eigenvalue weighted by Crippen LogP contribution is -2.14. The molecule has 4 heteroatoms. The number of amides is 1. The molecule has 1 aromatic rings.